The number of fused-ring (bicyclic) bond motifs is 1. The SMILES string of the molecule is Cc1ccc(S(=O)(=O)n2cc(CC=C=C[C@@H](CNS(=O)(=O)c3ccccc3[N+](=O)[O-])CO[Si](C(C)C)(C(C)C)C(C)C)c3c(Br)cccc32)cc1. The number of aromatic nitrogens is 1. The van der Waals surface area contributed by atoms with Gasteiger partial charge in [-0.25, -0.2) is 25.5 Å². The lowest BCUT2D eigenvalue weighted by atomic mass is 10.1. The van der Waals surface area contributed by atoms with Gasteiger partial charge in [0, 0.05) is 47.6 Å². The zero-order chi connectivity index (χ0) is 37.7. The molecule has 1 heterocycles. The maximum Gasteiger partial charge on any atom is 0.289 e. The third-order valence-electron chi connectivity index (χ3n) is 9.31. The number of nitrogens with one attached hydrogen (secondary N) is 1. The van der Waals surface area contributed by atoms with Gasteiger partial charge in [0.15, 0.2) is 13.2 Å². The van der Waals surface area contributed by atoms with Crippen LogP contribution >= 0.6 is 15.9 Å². The van der Waals surface area contributed by atoms with Crippen molar-refractivity contribution in [3.63, 3.8) is 0 Å². The number of hydrogen-bond acceptors (Lipinski definition) is 7. The zero-order valence-electron chi connectivity index (χ0n) is 30.0. The van der Waals surface area contributed by atoms with Gasteiger partial charge in [0.05, 0.1) is 15.3 Å². The van der Waals surface area contributed by atoms with Crippen molar-refractivity contribution >= 4 is 60.9 Å². The first kappa shape index (κ1) is 40.4. The molecule has 0 fully saturated rings. The monoisotopic (exact) mass is 815 g/mol. The Labute approximate surface area is 311 Å². The second-order valence-electron chi connectivity index (χ2n) is 13.6. The molecule has 0 saturated carbocycles. The lowest BCUT2D eigenvalue weighted by Crippen LogP contribution is -2.49. The molecular weight excluding hydrogens is 771 g/mol. The number of aryl methyl sites for hydroxylation is 1. The van der Waals surface area contributed by atoms with Gasteiger partial charge in [-0.05, 0) is 71.6 Å². The average molecular weight is 817 g/mol. The summed E-state index contributed by atoms with van der Waals surface area (Å²) >= 11 is 3.60. The molecule has 0 saturated heterocycles. The second-order valence-corrected chi connectivity index (χ2v) is 23.5. The van der Waals surface area contributed by atoms with Crippen molar-refractivity contribution in [1.82, 2.24) is 8.69 Å². The Balaban J connectivity index is 1.68. The molecule has 0 spiro atoms. The Bertz CT molecular complexity index is 2140. The lowest BCUT2D eigenvalue weighted by molar-refractivity contribution is -0.387. The molecule has 1 atom stereocenters. The van der Waals surface area contributed by atoms with E-state index in [0.717, 1.165) is 27.1 Å². The molecule has 4 rings (SSSR count). The average Bonchev–Trinajstić information content (AvgIpc) is 3.45. The van der Waals surface area contributed by atoms with Crippen molar-refractivity contribution in [3.05, 3.63) is 117 Å². The minimum atomic E-state index is -4.23. The fourth-order valence-electron chi connectivity index (χ4n) is 6.89. The number of halogens is 1. The topological polar surface area (TPSA) is 138 Å². The van der Waals surface area contributed by atoms with E-state index in [1.54, 1.807) is 54.7 Å². The molecule has 3 aromatic carbocycles. The molecule has 1 N–H and O–H groups in total. The first-order chi connectivity index (χ1) is 23.9. The summed E-state index contributed by atoms with van der Waals surface area (Å²) in [7, 11) is -10.4. The number of nitro groups is 1. The summed E-state index contributed by atoms with van der Waals surface area (Å²) < 4.78 is 65.5. The number of sulfonamides is 1. The predicted molar refractivity (Wildman–Crippen MR) is 209 cm³/mol. The van der Waals surface area contributed by atoms with E-state index in [1.807, 2.05) is 13.0 Å². The van der Waals surface area contributed by atoms with Crippen LogP contribution in [0.3, 0.4) is 0 Å². The van der Waals surface area contributed by atoms with E-state index in [9.17, 15) is 26.9 Å². The third kappa shape index (κ3) is 8.82. The summed E-state index contributed by atoms with van der Waals surface area (Å²) in [6.07, 6.45) is 5.49. The van der Waals surface area contributed by atoms with Crippen LogP contribution < -0.4 is 4.72 Å². The van der Waals surface area contributed by atoms with Crippen LogP contribution in [0.25, 0.3) is 10.9 Å². The summed E-state index contributed by atoms with van der Waals surface area (Å²) in [5.74, 6) is -0.461. The highest BCUT2D eigenvalue weighted by Gasteiger charge is 2.45. The first-order valence-corrected chi connectivity index (χ1v) is 22.7. The molecule has 0 aliphatic rings. The van der Waals surface area contributed by atoms with E-state index >= 15 is 0 Å². The number of rotatable bonds is 16. The van der Waals surface area contributed by atoms with Crippen LogP contribution in [0.5, 0.6) is 0 Å². The van der Waals surface area contributed by atoms with E-state index in [1.165, 1.54) is 22.2 Å². The molecule has 0 aliphatic heterocycles. The van der Waals surface area contributed by atoms with Crippen LogP contribution in [0, 0.1) is 23.0 Å². The zero-order valence-corrected chi connectivity index (χ0v) is 34.2. The molecule has 4 aromatic rings. The van der Waals surface area contributed by atoms with E-state index in [0.29, 0.717) is 28.6 Å². The standard InChI is InChI=1S/C37H46BrN3O7S2Si/c1-26(2)51(27(3)4,28(5)6)48-25-30(23-39-49(44,45)36-18-11-10-16-34(36)41(42)43)13-8-9-14-31-24-40(35-17-12-15-33(38)37(31)35)50(46,47)32-21-19-29(7)20-22-32/h9-13,15-22,24,26-28,30,39H,14,23,25H2,1-7H3/t8?,30-/m0/s1. The normalized spacial score (nSPS) is 13.2. The molecule has 274 valence electrons. The molecule has 0 bridgehead atoms. The Morgan fingerprint density at radius 3 is 2.18 bits per heavy atom. The second kappa shape index (κ2) is 16.5. The van der Waals surface area contributed by atoms with Gasteiger partial charge in [-0.3, -0.25) is 10.1 Å². The number of hydrogen-bond donors (Lipinski definition) is 1. The van der Waals surface area contributed by atoms with Gasteiger partial charge < -0.3 is 4.43 Å². The molecule has 0 unspecified atom stereocenters. The van der Waals surface area contributed by atoms with E-state index in [2.05, 4.69) is 67.9 Å². The molecular formula is C37H46BrN3O7S2Si. The molecule has 1 aromatic heterocycles. The van der Waals surface area contributed by atoms with Crippen LogP contribution in [0.1, 0.15) is 52.7 Å². The minimum Gasteiger partial charge on any atom is -0.415 e. The fraction of sp³-hybridized carbons (Fsp3) is 0.378. The number of nitro benzene ring substituents is 1. The largest absolute Gasteiger partial charge is 0.415 e. The molecule has 51 heavy (non-hydrogen) atoms. The highest BCUT2D eigenvalue weighted by atomic mass is 79.9. The van der Waals surface area contributed by atoms with Crippen LogP contribution in [0.4, 0.5) is 5.69 Å². The van der Waals surface area contributed by atoms with Crippen LogP contribution in [-0.2, 0) is 30.9 Å². The van der Waals surface area contributed by atoms with Gasteiger partial charge >= 0.3 is 0 Å². The van der Waals surface area contributed by atoms with Crippen molar-refractivity contribution in [2.24, 2.45) is 5.92 Å². The van der Waals surface area contributed by atoms with Gasteiger partial charge in [-0.1, -0.05) is 93.4 Å². The van der Waals surface area contributed by atoms with Crippen molar-refractivity contribution in [2.75, 3.05) is 13.2 Å². The van der Waals surface area contributed by atoms with Gasteiger partial charge in [0.25, 0.3) is 15.7 Å². The van der Waals surface area contributed by atoms with Crippen molar-refractivity contribution < 1.29 is 26.2 Å². The summed E-state index contributed by atoms with van der Waals surface area (Å²) in [6.45, 7) is 15.1. The maximum absolute atomic E-state index is 13.7. The fourth-order valence-corrected chi connectivity index (χ4v) is 15.6. The predicted octanol–water partition coefficient (Wildman–Crippen LogP) is 8.90. The van der Waals surface area contributed by atoms with Crippen LogP contribution in [-0.4, -0.2) is 47.2 Å². The molecule has 14 heteroatoms. The Kier molecular flexibility index (Phi) is 13.1. The summed E-state index contributed by atoms with van der Waals surface area (Å²) in [4.78, 5) is 10.6. The highest BCUT2D eigenvalue weighted by Crippen LogP contribution is 2.42. The van der Waals surface area contributed by atoms with Crippen LogP contribution in [0.15, 0.2) is 105 Å². The summed E-state index contributed by atoms with van der Waals surface area (Å²) in [5, 5.41) is 12.3. The maximum atomic E-state index is 13.7. The Morgan fingerprint density at radius 2 is 1.57 bits per heavy atom. The Hall–Kier alpha value is -3.36. The Morgan fingerprint density at radius 1 is 0.941 bits per heavy atom. The number of benzene rings is 3. The van der Waals surface area contributed by atoms with Crippen molar-refractivity contribution in [1.29, 1.82) is 0 Å². The van der Waals surface area contributed by atoms with E-state index in [4.69, 9.17) is 4.43 Å². The van der Waals surface area contributed by atoms with Gasteiger partial charge in [-0.2, -0.15) is 0 Å². The van der Waals surface area contributed by atoms with Gasteiger partial charge in [0.1, 0.15) is 0 Å². The number of nitrogens with zero attached hydrogens (tertiary/aromatic N) is 2. The van der Waals surface area contributed by atoms with E-state index < -0.39 is 49.8 Å². The first-order valence-electron chi connectivity index (χ1n) is 16.8. The number of para-hydroxylation sites is 1. The van der Waals surface area contributed by atoms with E-state index in [-0.39, 0.29) is 18.0 Å². The minimum absolute atomic E-state index is 0.0758. The quantitative estimate of drug-likeness (QED) is 0.0516. The summed E-state index contributed by atoms with van der Waals surface area (Å²) in [5.41, 5.74) is 5.84. The summed E-state index contributed by atoms with van der Waals surface area (Å²) in [6, 6.07) is 17.4. The van der Waals surface area contributed by atoms with Crippen LogP contribution in [0.2, 0.25) is 16.6 Å². The molecule has 10 nitrogen and oxygen atoms in total. The smallest absolute Gasteiger partial charge is 0.289 e. The molecule has 0 radical (unpaired) electrons. The van der Waals surface area contributed by atoms with Crippen molar-refractivity contribution in [3.8, 4) is 0 Å². The van der Waals surface area contributed by atoms with Gasteiger partial charge in [0.2, 0.25) is 10.0 Å². The molecule has 0 aliphatic carbocycles. The highest BCUT2D eigenvalue weighted by molar-refractivity contribution is 9.10. The third-order valence-corrected chi connectivity index (χ3v) is 19.2. The molecule has 0 amide bonds. The van der Waals surface area contributed by atoms with Crippen molar-refractivity contribution in [2.45, 2.75) is 81.3 Å². The lowest BCUT2D eigenvalue weighted by Gasteiger charge is -2.42. The van der Waals surface area contributed by atoms with Gasteiger partial charge in [-0.15, -0.1) is 5.73 Å².